The molecule has 1 amide bonds. The third-order valence-corrected chi connectivity index (χ3v) is 5.88. The molecule has 4 aromatic rings. The molecule has 0 spiro atoms. The molecule has 27 heavy (non-hydrogen) atoms. The van der Waals surface area contributed by atoms with Gasteiger partial charge in [-0.15, -0.1) is 11.3 Å². The second kappa shape index (κ2) is 7.59. The van der Waals surface area contributed by atoms with Crippen molar-refractivity contribution in [3.63, 3.8) is 0 Å². The molecule has 0 aliphatic heterocycles. The average molecular weight is 395 g/mol. The van der Waals surface area contributed by atoms with E-state index in [0.29, 0.717) is 23.8 Å². The van der Waals surface area contributed by atoms with E-state index in [0.717, 1.165) is 21.3 Å². The Labute approximate surface area is 167 Å². The smallest absolute Gasteiger partial charge is 0.268 e. The van der Waals surface area contributed by atoms with Gasteiger partial charge in [0.1, 0.15) is 5.69 Å². The fraction of sp³-hybridized carbons (Fsp3) is 0.136. The van der Waals surface area contributed by atoms with E-state index in [9.17, 15) is 4.79 Å². The van der Waals surface area contributed by atoms with Crippen LogP contribution in [0.25, 0.3) is 10.2 Å². The number of halogens is 1. The Balaban J connectivity index is 1.66. The van der Waals surface area contributed by atoms with Crippen LogP contribution in [-0.2, 0) is 13.1 Å². The number of hydrogen-bond acceptors (Lipinski definition) is 2. The van der Waals surface area contributed by atoms with Gasteiger partial charge in [-0.3, -0.25) is 4.79 Å². The van der Waals surface area contributed by atoms with Gasteiger partial charge >= 0.3 is 0 Å². The molecule has 0 bridgehead atoms. The Morgan fingerprint density at radius 1 is 1.07 bits per heavy atom. The maximum Gasteiger partial charge on any atom is 0.268 e. The number of aromatic nitrogens is 1. The van der Waals surface area contributed by atoms with Crippen LogP contribution < -0.4 is 5.32 Å². The fourth-order valence-electron chi connectivity index (χ4n) is 3.19. The van der Waals surface area contributed by atoms with E-state index in [4.69, 9.17) is 11.6 Å². The van der Waals surface area contributed by atoms with Crippen LogP contribution in [-0.4, -0.2) is 10.5 Å². The highest BCUT2D eigenvalue weighted by Crippen LogP contribution is 2.30. The summed E-state index contributed by atoms with van der Waals surface area (Å²) in [6.07, 6.45) is 0. The number of rotatable bonds is 5. The zero-order chi connectivity index (χ0) is 18.8. The maximum atomic E-state index is 12.9. The summed E-state index contributed by atoms with van der Waals surface area (Å²) in [6, 6.07) is 21.8. The van der Waals surface area contributed by atoms with Crippen LogP contribution in [0, 0.1) is 6.92 Å². The predicted molar refractivity (Wildman–Crippen MR) is 113 cm³/mol. The summed E-state index contributed by atoms with van der Waals surface area (Å²) >= 11 is 8.06. The van der Waals surface area contributed by atoms with Crippen molar-refractivity contribution in [1.29, 1.82) is 0 Å². The molecule has 0 aliphatic carbocycles. The summed E-state index contributed by atoms with van der Waals surface area (Å²) in [5.41, 5.74) is 3.81. The van der Waals surface area contributed by atoms with Crippen LogP contribution >= 0.6 is 22.9 Å². The van der Waals surface area contributed by atoms with Crippen molar-refractivity contribution >= 4 is 39.1 Å². The largest absolute Gasteiger partial charge is 0.347 e. The Bertz CT molecular complexity index is 1100. The van der Waals surface area contributed by atoms with Crippen LogP contribution in [0.15, 0.2) is 66.7 Å². The Kier molecular flexibility index (Phi) is 5.01. The van der Waals surface area contributed by atoms with Gasteiger partial charge in [-0.05, 0) is 36.2 Å². The molecule has 136 valence electrons. The third-order valence-electron chi connectivity index (χ3n) is 4.53. The van der Waals surface area contributed by atoms with Gasteiger partial charge in [0.15, 0.2) is 0 Å². The zero-order valence-corrected chi connectivity index (χ0v) is 16.5. The number of hydrogen-bond donors (Lipinski definition) is 1. The quantitative estimate of drug-likeness (QED) is 0.466. The fourth-order valence-corrected chi connectivity index (χ4v) is 4.35. The highest BCUT2D eigenvalue weighted by Gasteiger charge is 2.18. The summed E-state index contributed by atoms with van der Waals surface area (Å²) in [5, 5.41) is 3.74. The number of amides is 1. The molecule has 0 fully saturated rings. The van der Waals surface area contributed by atoms with E-state index in [1.807, 2.05) is 60.7 Å². The standard InChI is InChI=1S/C22H19ClN2OS/c1-15-11-19-21(27-15)12-20(22(26)24-13-16-7-3-2-4-8-16)25(19)14-17-9-5-6-10-18(17)23/h2-12H,13-14H2,1H3,(H,24,26). The molecular weight excluding hydrogens is 376 g/mol. The summed E-state index contributed by atoms with van der Waals surface area (Å²) in [4.78, 5) is 14.1. The van der Waals surface area contributed by atoms with Crippen molar-refractivity contribution in [2.45, 2.75) is 20.0 Å². The van der Waals surface area contributed by atoms with Crippen molar-refractivity contribution < 1.29 is 4.79 Å². The molecule has 0 radical (unpaired) electrons. The first kappa shape index (κ1) is 17.8. The van der Waals surface area contributed by atoms with Gasteiger partial charge in [-0.1, -0.05) is 60.1 Å². The molecule has 0 unspecified atom stereocenters. The summed E-state index contributed by atoms with van der Waals surface area (Å²) in [5.74, 6) is -0.0769. The molecule has 2 aromatic heterocycles. The van der Waals surface area contributed by atoms with Crippen LogP contribution in [0.2, 0.25) is 5.02 Å². The minimum atomic E-state index is -0.0769. The molecule has 5 heteroatoms. The van der Waals surface area contributed by atoms with Crippen molar-refractivity contribution in [3.8, 4) is 0 Å². The molecule has 0 saturated carbocycles. The molecule has 0 saturated heterocycles. The summed E-state index contributed by atoms with van der Waals surface area (Å²) in [6.45, 7) is 3.15. The van der Waals surface area contributed by atoms with Crippen molar-refractivity contribution in [3.05, 3.63) is 93.5 Å². The van der Waals surface area contributed by atoms with E-state index in [1.54, 1.807) is 11.3 Å². The Hall–Kier alpha value is -2.56. The number of nitrogens with one attached hydrogen (secondary N) is 1. The van der Waals surface area contributed by atoms with Crippen LogP contribution in [0.3, 0.4) is 0 Å². The van der Waals surface area contributed by atoms with E-state index >= 15 is 0 Å². The van der Waals surface area contributed by atoms with Gasteiger partial charge in [0, 0.05) is 23.0 Å². The second-order valence-electron chi connectivity index (χ2n) is 6.48. The number of carbonyl (C=O) groups is 1. The van der Waals surface area contributed by atoms with Crippen LogP contribution in [0.4, 0.5) is 0 Å². The number of carbonyl (C=O) groups excluding carboxylic acids is 1. The van der Waals surface area contributed by atoms with Crippen LogP contribution in [0.1, 0.15) is 26.5 Å². The molecule has 2 heterocycles. The van der Waals surface area contributed by atoms with E-state index in [1.165, 1.54) is 4.88 Å². The van der Waals surface area contributed by atoms with Crippen LogP contribution in [0.5, 0.6) is 0 Å². The van der Waals surface area contributed by atoms with Crippen molar-refractivity contribution in [1.82, 2.24) is 9.88 Å². The van der Waals surface area contributed by atoms with Gasteiger partial charge in [0.05, 0.1) is 10.2 Å². The number of benzene rings is 2. The molecule has 2 aromatic carbocycles. The first-order chi connectivity index (χ1) is 13.1. The highest BCUT2D eigenvalue weighted by atomic mass is 35.5. The highest BCUT2D eigenvalue weighted by molar-refractivity contribution is 7.19. The molecule has 0 atom stereocenters. The Morgan fingerprint density at radius 3 is 2.59 bits per heavy atom. The lowest BCUT2D eigenvalue weighted by atomic mass is 10.2. The number of thiophene rings is 1. The SMILES string of the molecule is Cc1cc2c(cc(C(=O)NCc3ccccc3)n2Cc2ccccc2Cl)s1. The summed E-state index contributed by atoms with van der Waals surface area (Å²) in [7, 11) is 0. The van der Waals surface area contributed by atoms with E-state index in [-0.39, 0.29) is 5.91 Å². The zero-order valence-electron chi connectivity index (χ0n) is 14.9. The monoisotopic (exact) mass is 394 g/mol. The topological polar surface area (TPSA) is 34.0 Å². The van der Waals surface area contributed by atoms with E-state index in [2.05, 4.69) is 22.9 Å². The van der Waals surface area contributed by atoms with Gasteiger partial charge in [0.2, 0.25) is 0 Å². The van der Waals surface area contributed by atoms with Gasteiger partial charge in [0.25, 0.3) is 5.91 Å². The lowest BCUT2D eigenvalue weighted by Crippen LogP contribution is -2.25. The Morgan fingerprint density at radius 2 is 1.81 bits per heavy atom. The van der Waals surface area contributed by atoms with Crippen molar-refractivity contribution in [2.24, 2.45) is 0 Å². The minimum absolute atomic E-state index is 0.0769. The molecule has 4 rings (SSSR count). The first-order valence-electron chi connectivity index (χ1n) is 8.77. The predicted octanol–water partition coefficient (Wildman–Crippen LogP) is 5.64. The normalized spacial score (nSPS) is 11.0. The minimum Gasteiger partial charge on any atom is -0.347 e. The number of fused-ring (bicyclic) bond motifs is 1. The van der Waals surface area contributed by atoms with Gasteiger partial charge in [-0.2, -0.15) is 0 Å². The second-order valence-corrected chi connectivity index (χ2v) is 8.18. The molecule has 0 aliphatic rings. The first-order valence-corrected chi connectivity index (χ1v) is 9.96. The lowest BCUT2D eigenvalue weighted by Gasteiger charge is -2.12. The van der Waals surface area contributed by atoms with Gasteiger partial charge in [-0.25, -0.2) is 0 Å². The third kappa shape index (κ3) is 3.77. The van der Waals surface area contributed by atoms with Crippen molar-refractivity contribution in [2.75, 3.05) is 0 Å². The number of aryl methyl sites for hydroxylation is 1. The summed E-state index contributed by atoms with van der Waals surface area (Å²) < 4.78 is 3.17. The maximum absolute atomic E-state index is 12.9. The molecule has 3 nitrogen and oxygen atoms in total. The van der Waals surface area contributed by atoms with Gasteiger partial charge < -0.3 is 9.88 Å². The average Bonchev–Trinajstić information content (AvgIpc) is 3.19. The van der Waals surface area contributed by atoms with E-state index < -0.39 is 0 Å². The lowest BCUT2D eigenvalue weighted by molar-refractivity contribution is 0.0942. The molecular formula is C22H19ClN2OS. The molecule has 1 N–H and O–H groups in total. The number of nitrogens with zero attached hydrogens (tertiary/aromatic N) is 1.